The number of pyridine rings is 1. The summed E-state index contributed by atoms with van der Waals surface area (Å²) in [4.78, 5) is 6.83. The van der Waals surface area contributed by atoms with Crippen LogP contribution in [0.3, 0.4) is 0 Å². The Labute approximate surface area is 142 Å². The van der Waals surface area contributed by atoms with Crippen molar-refractivity contribution in [3.63, 3.8) is 0 Å². The first kappa shape index (κ1) is 15.6. The van der Waals surface area contributed by atoms with Gasteiger partial charge < -0.3 is 14.8 Å². The zero-order chi connectivity index (χ0) is 16.2. The molecule has 4 rings (SSSR count). The van der Waals surface area contributed by atoms with Crippen LogP contribution in [0.1, 0.15) is 11.3 Å². The van der Waals surface area contributed by atoms with Gasteiger partial charge in [0.25, 0.3) is 0 Å². The molecule has 5 heteroatoms. The predicted molar refractivity (Wildman–Crippen MR) is 91.8 cm³/mol. The van der Waals surface area contributed by atoms with Crippen molar-refractivity contribution in [3.8, 4) is 5.75 Å². The number of aromatic nitrogens is 1. The number of hydrogen-bond acceptors (Lipinski definition) is 5. The summed E-state index contributed by atoms with van der Waals surface area (Å²) in [7, 11) is 0. The Morgan fingerprint density at radius 2 is 2.08 bits per heavy atom. The third kappa shape index (κ3) is 3.43. The van der Waals surface area contributed by atoms with Gasteiger partial charge in [-0.05, 0) is 18.2 Å². The molecule has 0 spiro atoms. The van der Waals surface area contributed by atoms with E-state index in [-0.39, 0.29) is 0 Å². The van der Waals surface area contributed by atoms with E-state index in [1.54, 1.807) is 6.20 Å². The molecular weight excluding hydrogens is 302 g/mol. The smallest absolute Gasteiger partial charge is 0.130 e. The van der Waals surface area contributed by atoms with E-state index in [0.717, 1.165) is 44.2 Å². The van der Waals surface area contributed by atoms with Crippen molar-refractivity contribution in [3.05, 3.63) is 59.9 Å². The Balaban J connectivity index is 1.45. The third-order valence-corrected chi connectivity index (χ3v) is 4.76. The Bertz CT molecular complexity index is 665. The standard InChI is InChI=1S/C19H23N3O2/c1-2-7-18(24-14-16-6-3-4-8-21-16)15(5-1)13-22-9-10-23-19-12-20-11-17(19)22/h1-8,17,19-20H,9-14H2/t17-,19+/m1/s1. The lowest BCUT2D eigenvalue weighted by molar-refractivity contribution is -0.0502. The Kier molecular flexibility index (Phi) is 4.74. The van der Waals surface area contributed by atoms with Crippen LogP contribution in [0.15, 0.2) is 48.7 Å². The average molecular weight is 325 g/mol. The summed E-state index contributed by atoms with van der Waals surface area (Å²) in [5.74, 6) is 0.942. The van der Waals surface area contributed by atoms with Crippen molar-refractivity contribution < 1.29 is 9.47 Å². The molecule has 2 aliphatic rings. The topological polar surface area (TPSA) is 46.6 Å². The molecule has 1 aromatic carbocycles. The van der Waals surface area contributed by atoms with E-state index in [1.165, 1.54) is 5.56 Å². The van der Waals surface area contributed by atoms with Crippen molar-refractivity contribution in [2.75, 3.05) is 26.2 Å². The van der Waals surface area contributed by atoms with Crippen molar-refractivity contribution in [1.82, 2.24) is 15.2 Å². The summed E-state index contributed by atoms with van der Waals surface area (Å²) in [6, 6.07) is 14.6. The molecule has 0 saturated carbocycles. The van der Waals surface area contributed by atoms with Crippen LogP contribution < -0.4 is 10.1 Å². The second-order valence-corrected chi connectivity index (χ2v) is 6.32. The van der Waals surface area contributed by atoms with Crippen molar-refractivity contribution in [1.29, 1.82) is 0 Å². The van der Waals surface area contributed by atoms with Crippen LogP contribution in [0.25, 0.3) is 0 Å². The molecule has 2 fully saturated rings. The second kappa shape index (κ2) is 7.30. The normalized spacial score (nSPS) is 23.8. The molecule has 0 unspecified atom stereocenters. The van der Waals surface area contributed by atoms with Gasteiger partial charge in [0, 0.05) is 44.0 Å². The van der Waals surface area contributed by atoms with E-state index in [4.69, 9.17) is 9.47 Å². The highest BCUT2D eigenvalue weighted by atomic mass is 16.5. The monoisotopic (exact) mass is 325 g/mol. The fourth-order valence-electron chi connectivity index (χ4n) is 3.49. The number of fused-ring (bicyclic) bond motifs is 1. The van der Waals surface area contributed by atoms with Gasteiger partial charge in [-0.15, -0.1) is 0 Å². The van der Waals surface area contributed by atoms with Gasteiger partial charge in [-0.25, -0.2) is 0 Å². The molecule has 2 saturated heterocycles. The lowest BCUT2D eigenvalue weighted by Crippen LogP contribution is -2.50. The van der Waals surface area contributed by atoms with Crippen LogP contribution in [0.5, 0.6) is 5.75 Å². The van der Waals surface area contributed by atoms with Gasteiger partial charge in [-0.3, -0.25) is 9.88 Å². The molecule has 0 aliphatic carbocycles. The molecule has 1 N–H and O–H groups in total. The highest BCUT2D eigenvalue weighted by Gasteiger charge is 2.36. The van der Waals surface area contributed by atoms with E-state index < -0.39 is 0 Å². The summed E-state index contributed by atoms with van der Waals surface area (Å²) in [5.41, 5.74) is 2.17. The fourth-order valence-corrected chi connectivity index (χ4v) is 3.49. The molecular formula is C19H23N3O2. The first-order chi connectivity index (χ1) is 11.9. The van der Waals surface area contributed by atoms with Crippen LogP contribution in [-0.4, -0.2) is 48.3 Å². The van der Waals surface area contributed by atoms with Crippen molar-refractivity contribution >= 4 is 0 Å². The van der Waals surface area contributed by atoms with Gasteiger partial charge in [0.2, 0.25) is 0 Å². The Morgan fingerprint density at radius 1 is 1.17 bits per heavy atom. The molecule has 1 aromatic heterocycles. The van der Waals surface area contributed by atoms with Gasteiger partial charge in [-0.2, -0.15) is 0 Å². The molecule has 5 nitrogen and oxygen atoms in total. The predicted octanol–water partition coefficient (Wildman–Crippen LogP) is 1.83. The van der Waals surface area contributed by atoms with Gasteiger partial charge in [0.15, 0.2) is 0 Å². The summed E-state index contributed by atoms with van der Waals surface area (Å²) >= 11 is 0. The van der Waals surface area contributed by atoms with E-state index in [1.807, 2.05) is 30.3 Å². The molecule has 2 aromatic rings. The number of rotatable bonds is 5. The zero-order valence-corrected chi connectivity index (χ0v) is 13.7. The minimum Gasteiger partial charge on any atom is -0.487 e. The number of para-hydroxylation sites is 1. The van der Waals surface area contributed by atoms with Crippen LogP contribution in [0.4, 0.5) is 0 Å². The maximum atomic E-state index is 6.04. The van der Waals surface area contributed by atoms with Gasteiger partial charge in [-0.1, -0.05) is 24.3 Å². The fraction of sp³-hybridized carbons (Fsp3) is 0.421. The van der Waals surface area contributed by atoms with E-state index in [0.29, 0.717) is 18.8 Å². The van der Waals surface area contributed by atoms with Gasteiger partial charge in [0.1, 0.15) is 12.4 Å². The van der Waals surface area contributed by atoms with E-state index in [9.17, 15) is 0 Å². The highest BCUT2D eigenvalue weighted by molar-refractivity contribution is 5.33. The molecule has 24 heavy (non-hydrogen) atoms. The zero-order valence-electron chi connectivity index (χ0n) is 13.7. The Hall–Kier alpha value is -1.95. The van der Waals surface area contributed by atoms with Crippen LogP contribution in [0, 0.1) is 0 Å². The number of hydrogen-bond donors (Lipinski definition) is 1. The van der Waals surface area contributed by atoms with Crippen LogP contribution >= 0.6 is 0 Å². The maximum Gasteiger partial charge on any atom is 0.130 e. The van der Waals surface area contributed by atoms with E-state index >= 15 is 0 Å². The van der Waals surface area contributed by atoms with Gasteiger partial charge >= 0.3 is 0 Å². The third-order valence-electron chi connectivity index (χ3n) is 4.76. The summed E-state index contributed by atoms with van der Waals surface area (Å²) in [5, 5.41) is 3.44. The molecule has 126 valence electrons. The number of nitrogens with zero attached hydrogens (tertiary/aromatic N) is 2. The van der Waals surface area contributed by atoms with Crippen molar-refractivity contribution in [2.24, 2.45) is 0 Å². The molecule has 3 heterocycles. The highest BCUT2D eigenvalue weighted by Crippen LogP contribution is 2.25. The molecule has 2 aliphatic heterocycles. The maximum absolute atomic E-state index is 6.04. The molecule has 0 bridgehead atoms. The minimum atomic E-state index is 0.320. The summed E-state index contributed by atoms with van der Waals surface area (Å²) < 4.78 is 11.9. The number of benzene rings is 1. The number of morpholine rings is 1. The van der Waals surface area contributed by atoms with Crippen LogP contribution in [0.2, 0.25) is 0 Å². The lowest BCUT2D eigenvalue weighted by Gasteiger charge is -2.37. The van der Waals surface area contributed by atoms with E-state index in [2.05, 4.69) is 27.3 Å². The average Bonchev–Trinajstić information content (AvgIpc) is 3.12. The summed E-state index contributed by atoms with van der Waals surface area (Å²) in [6.45, 7) is 5.12. The lowest BCUT2D eigenvalue weighted by atomic mass is 10.1. The number of nitrogens with one attached hydrogen (secondary N) is 1. The molecule has 0 radical (unpaired) electrons. The largest absolute Gasteiger partial charge is 0.487 e. The quantitative estimate of drug-likeness (QED) is 0.909. The number of ether oxygens (including phenoxy) is 2. The SMILES string of the molecule is c1ccc(COc2ccccc2CN2CCO[C@H]3CNC[C@H]32)nc1. The first-order valence-corrected chi connectivity index (χ1v) is 8.57. The first-order valence-electron chi connectivity index (χ1n) is 8.57. The molecule has 0 amide bonds. The van der Waals surface area contributed by atoms with Gasteiger partial charge in [0.05, 0.1) is 18.4 Å². The molecule has 2 atom stereocenters. The minimum absolute atomic E-state index is 0.320. The van der Waals surface area contributed by atoms with Crippen LogP contribution in [-0.2, 0) is 17.9 Å². The summed E-state index contributed by atoms with van der Waals surface area (Å²) in [6.07, 6.45) is 2.12. The second-order valence-electron chi connectivity index (χ2n) is 6.32. The Morgan fingerprint density at radius 3 is 3.00 bits per heavy atom. The van der Waals surface area contributed by atoms with Crippen molar-refractivity contribution in [2.45, 2.75) is 25.3 Å².